The summed E-state index contributed by atoms with van der Waals surface area (Å²) in [5.41, 5.74) is 10.9. The van der Waals surface area contributed by atoms with E-state index in [1.54, 1.807) is 4.90 Å². The lowest BCUT2D eigenvalue weighted by molar-refractivity contribution is 0.0929. The number of benzene rings is 2. The van der Waals surface area contributed by atoms with Crippen LogP contribution in [0.4, 0.5) is 10.5 Å². The van der Waals surface area contributed by atoms with Crippen LogP contribution in [-0.4, -0.2) is 37.2 Å². The van der Waals surface area contributed by atoms with E-state index in [4.69, 9.17) is 5.73 Å². The molecule has 33 heavy (non-hydrogen) atoms. The Bertz CT molecular complexity index is 1100. The summed E-state index contributed by atoms with van der Waals surface area (Å²) in [5, 5.41) is 12.8. The SMILES string of the molecule is NCc1ccc(N2C=C3C=C(c4ccc(C(=O)NC5CCNCC5)cc4)NC3NC2=O)cc1. The summed E-state index contributed by atoms with van der Waals surface area (Å²) in [7, 11) is 0. The molecule has 6 N–H and O–H groups in total. The molecule has 0 radical (unpaired) electrons. The van der Waals surface area contributed by atoms with Gasteiger partial charge in [-0.1, -0.05) is 24.3 Å². The first-order chi connectivity index (χ1) is 16.1. The molecule has 8 nitrogen and oxygen atoms in total. The number of carbonyl (C=O) groups excluding carboxylic acids is 2. The molecule has 3 aliphatic heterocycles. The Balaban J connectivity index is 1.29. The molecule has 0 spiro atoms. The first-order valence-electron chi connectivity index (χ1n) is 11.3. The van der Waals surface area contributed by atoms with E-state index in [1.165, 1.54) is 0 Å². The number of nitrogens with one attached hydrogen (secondary N) is 4. The number of anilines is 1. The molecule has 3 amide bonds. The summed E-state index contributed by atoms with van der Waals surface area (Å²) in [6, 6.07) is 15.2. The predicted molar refractivity (Wildman–Crippen MR) is 128 cm³/mol. The van der Waals surface area contributed by atoms with E-state index in [2.05, 4.69) is 21.3 Å². The summed E-state index contributed by atoms with van der Waals surface area (Å²) in [6.07, 6.45) is 5.50. The zero-order valence-electron chi connectivity index (χ0n) is 18.3. The molecule has 0 saturated carbocycles. The van der Waals surface area contributed by atoms with E-state index in [9.17, 15) is 9.59 Å². The summed E-state index contributed by atoms with van der Waals surface area (Å²) >= 11 is 0. The van der Waals surface area contributed by atoms with Crippen molar-refractivity contribution in [1.82, 2.24) is 21.3 Å². The zero-order chi connectivity index (χ0) is 22.8. The molecular formula is C25H28N6O2. The van der Waals surface area contributed by atoms with E-state index in [0.717, 1.165) is 54.0 Å². The van der Waals surface area contributed by atoms with Crippen molar-refractivity contribution in [3.63, 3.8) is 0 Å². The third kappa shape index (κ3) is 4.48. The van der Waals surface area contributed by atoms with Crippen LogP contribution in [0.5, 0.6) is 0 Å². The molecule has 2 aromatic rings. The molecule has 3 heterocycles. The van der Waals surface area contributed by atoms with Crippen LogP contribution >= 0.6 is 0 Å². The molecule has 5 rings (SSSR count). The molecule has 0 aromatic heterocycles. The number of amides is 3. The van der Waals surface area contributed by atoms with Gasteiger partial charge >= 0.3 is 6.03 Å². The number of hydrogen-bond donors (Lipinski definition) is 5. The maximum atomic E-state index is 12.7. The van der Waals surface area contributed by atoms with E-state index < -0.39 is 0 Å². The minimum Gasteiger partial charge on any atom is -0.361 e. The quantitative estimate of drug-likeness (QED) is 0.485. The highest BCUT2D eigenvalue weighted by atomic mass is 16.2. The second-order valence-electron chi connectivity index (χ2n) is 8.53. The predicted octanol–water partition coefficient (Wildman–Crippen LogP) is 2.01. The van der Waals surface area contributed by atoms with Gasteiger partial charge in [0.05, 0.1) is 5.69 Å². The molecule has 1 unspecified atom stereocenters. The Hall–Kier alpha value is -3.62. The number of rotatable bonds is 5. The van der Waals surface area contributed by atoms with E-state index in [1.807, 2.05) is 60.8 Å². The summed E-state index contributed by atoms with van der Waals surface area (Å²) in [4.78, 5) is 26.8. The van der Waals surface area contributed by atoms with Gasteiger partial charge in [-0.3, -0.25) is 9.69 Å². The molecule has 0 bridgehead atoms. The van der Waals surface area contributed by atoms with E-state index in [0.29, 0.717) is 12.1 Å². The maximum Gasteiger partial charge on any atom is 0.327 e. The summed E-state index contributed by atoms with van der Waals surface area (Å²) in [5.74, 6) is -0.0400. The van der Waals surface area contributed by atoms with Crippen LogP contribution in [0, 0.1) is 0 Å². The topological polar surface area (TPSA) is 112 Å². The number of nitrogens with zero attached hydrogens (tertiary/aromatic N) is 1. The molecule has 0 aliphatic carbocycles. The van der Waals surface area contributed by atoms with Gasteiger partial charge in [0.25, 0.3) is 5.91 Å². The smallest absolute Gasteiger partial charge is 0.327 e. The van der Waals surface area contributed by atoms with Crippen LogP contribution in [0.2, 0.25) is 0 Å². The molecular weight excluding hydrogens is 416 g/mol. The van der Waals surface area contributed by atoms with Gasteiger partial charge in [0.2, 0.25) is 0 Å². The van der Waals surface area contributed by atoms with Crippen LogP contribution < -0.4 is 31.9 Å². The standard InChI is InChI=1S/C25H28N6O2/c26-14-16-1-7-21(8-2-16)31-15-19-13-22(29-23(19)30-25(31)33)17-3-5-18(6-4-17)24(32)28-20-9-11-27-12-10-20/h1-8,13,15,20,23,27,29H,9-12,14,26H2,(H,28,32)(H,30,33). The number of piperidine rings is 1. The number of urea groups is 1. The second-order valence-corrected chi connectivity index (χ2v) is 8.53. The molecule has 1 atom stereocenters. The lowest BCUT2D eigenvalue weighted by atomic mass is 10.0. The van der Waals surface area contributed by atoms with Crippen LogP contribution in [0.25, 0.3) is 5.70 Å². The third-order valence-electron chi connectivity index (χ3n) is 6.29. The Morgan fingerprint density at radius 2 is 1.76 bits per heavy atom. The first kappa shape index (κ1) is 21.2. The first-order valence-corrected chi connectivity index (χ1v) is 11.3. The van der Waals surface area contributed by atoms with Crippen LogP contribution in [0.15, 0.2) is 66.4 Å². The molecule has 3 aliphatic rings. The van der Waals surface area contributed by atoms with Crippen molar-refractivity contribution in [2.45, 2.75) is 31.6 Å². The molecule has 8 heteroatoms. The third-order valence-corrected chi connectivity index (χ3v) is 6.29. The average molecular weight is 445 g/mol. The van der Waals surface area contributed by atoms with E-state index >= 15 is 0 Å². The minimum atomic E-state index is -0.282. The Labute approximate surface area is 192 Å². The average Bonchev–Trinajstić information content (AvgIpc) is 3.27. The van der Waals surface area contributed by atoms with E-state index in [-0.39, 0.29) is 24.1 Å². The number of carbonyl (C=O) groups is 2. The van der Waals surface area contributed by atoms with Crippen LogP contribution in [-0.2, 0) is 6.54 Å². The lowest BCUT2D eigenvalue weighted by Crippen LogP contribution is -2.51. The van der Waals surface area contributed by atoms with Crippen LogP contribution in [0.3, 0.4) is 0 Å². The van der Waals surface area contributed by atoms with Gasteiger partial charge in [0.1, 0.15) is 6.17 Å². The summed E-state index contributed by atoms with van der Waals surface area (Å²) < 4.78 is 0. The van der Waals surface area contributed by atoms with Gasteiger partial charge in [0, 0.05) is 35.6 Å². The molecule has 2 aromatic carbocycles. The maximum absolute atomic E-state index is 12.7. The van der Waals surface area contributed by atoms with Gasteiger partial charge in [-0.05, 0) is 67.4 Å². The lowest BCUT2D eigenvalue weighted by Gasteiger charge is -2.29. The van der Waals surface area contributed by atoms with Gasteiger partial charge < -0.3 is 27.0 Å². The van der Waals surface area contributed by atoms with Crippen molar-refractivity contribution >= 4 is 23.3 Å². The summed E-state index contributed by atoms with van der Waals surface area (Å²) in [6.45, 7) is 2.34. The van der Waals surface area contributed by atoms with Gasteiger partial charge in [-0.15, -0.1) is 0 Å². The Morgan fingerprint density at radius 1 is 1.03 bits per heavy atom. The Kier molecular flexibility index (Phi) is 5.85. The number of nitrogens with two attached hydrogens (primary N) is 1. The fraction of sp³-hybridized carbons (Fsp3) is 0.280. The molecule has 1 fully saturated rings. The van der Waals surface area contributed by atoms with Crippen molar-refractivity contribution in [3.05, 3.63) is 83.1 Å². The van der Waals surface area contributed by atoms with Crippen molar-refractivity contribution in [2.75, 3.05) is 18.0 Å². The van der Waals surface area contributed by atoms with Crippen molar-refractivity contribution < 1.29 is 9.59 Å². The van der Waals surface area contributed by atoms with Gasteiger partial charge in [-0.25, -0.2) is 4.79 Å². The molecule has 170 valence electrons. The second kappa shape index (κ2) is 9.09. The highest BCUT2D eigenvalue weighted by Crippen LogP contribution is 2.28. The highest BCUT2D eigenvalue weighted by molar-refractivity contribution is 5.97. The fourth-order valence-electron chi connectivity index (χ4n) is 4.35. The van der Waals surface area contributed by atoms with Gasteiger partial charge in [-0.2, -0.15) is 0 Å². The number of hydrogen-bond acceptors (Lipinski definition) is 5. The van der Waals surface area contributed by atoms with Crippen LogP contribution in [0.1, 0.15) is 34.3 Å². The highest BCUT2D eigenvalue weighted by Gasteiger charge is 2.31. The minimum absolute atomic E-state index is 0.0400. The largest absolute Gasteiger partial charge is 0.361 e. The normalized spacial score (nSPS) is 20.3. The fourth-order valence-corrected chi connectivity index (χ4v) is 4.35. The zero-order valence-corrected chi connectivity index (χ0v) is 18.3. The number of fused-ring (bicyclic) bond motifs is 1. The van der Waals surface area contributed by atoms with Crippen molar-refractivity contribution in [1.29, 1.82) is 0 Å². The molecule has 1 saturated heterocycles. The Morgan fingerprint density at radius 3 is 2.45 bits per heavy atom. The van der Waals surface area contributed by atoms with Gasteiger partial charge in [0.15, 0.2) is 0 Å². The van der Waals surface area contributed by atoms with Crippen molar-refractivity contribution in [2.24, 2.45) is 5.73 Å². The monoisotopic (exact) mass is 444 g/mol. The van der Waals surface area contributed by atoms with Crippen molar-refractivity contribution in [3.8, 4) is 0 Å².